The molecule has 1 aromatic carbocycles. The molecule has 0 radical (unpaired) electrons. The highest BCUT2D eigenvalue weighted by atomic mass is 32.2. The van der Waals surface area contributed by atoms with Crippen LogP contribution in [0.3, 0.4) is 0 Å². The largest absolute Gasteiger partial charge is 0.437 e. The standard InChI is InChI=1S/C34H37F3N6O3S/c35-34(36,37)31-30(46-33(41-31)43-18-14-26(15-19-43)25-10-6-1-2-7-11-25)32(44)40-27-12-13-29(38-23-27)42-20-16-28(17-21-42)47(45)39-22-24-8-4-3-5-9-24/h1,3-13,23,26,28,39H,2,14-22H2,(H,40,44). The van der Waals surface area contributed by atoms with Crippen LogP contribution in [-0.4, -0.2) is 51.5 Å². The van der Waals surface area contributed by atoms with Crippen LogP contribution in [0.25, 0.3) is 0 Å². The third-order valence-electron chi connectivity index (χ3n) is 8.67. The number of pyridine rings is 1. The number of nitrogens with one attached hydrogen (secondary N) is 2. The summed E-state index contributed by atoms with van der Waals surface area (Å²) in [7, 11) is -1.17. The first-order valence-electron chi connectivity index (χ1n) is 15.8. The van der Waals surface area contributed by atoms with E-state index in [-0.39, 0.29) is 22.9 Å². The number of carbonyl (C=O) groups is 1. The number of carbonyl (C=O) groups excluding carboxylic acids is 1. The van der Waals surface area contributed by atoms with Gasteiger partial charge in [0.1, 0.15) is 5.82 Å². The van der Waals surface area contributed by atoms with E-state index in [1.165, 1.54) is 11.8 Å². The Hall–Kier alpha value is -4.23. The van der Waals surface area contributed by atoms with Gasteiger partial charge in [-0.2, -0.15) is 18.2 Å². The van der Waals surface area contributed by atoms with Gasteiger partial charge >= 0.3 is 6.18 Å². The highest BCUT2D eigenvalue weighted by Crippen LogP contribution is 2.36. The normalized spacial score (nSPS) is 18.6. The second kappa shape index (κ2) is 14.7. The second-order valence-corrected chi connectivity index (χ2v) is 13.4. The van der Waals surface area contributed by atoms with Gasteiger partial charge in [0.15, 0.2) is 5.69 Å². The van der Waals surface area contributed by atoms with Crippen LogP contribution in [0.5, 0.6) is 0 Å². The lowest BCUT2D eigenvalue weighted by atomic mass is 9.89. The number of nitrogens with zero attached hydrogens (tertiary/aromatic N) is 4. The van der Waals surface area contributed by atoms with Crippen molar-refractivity contribution in [1.82, 2.24) is 14.7 Å². The van der Waals surface area contributed by atoms with Crippen LogP contribution >= 0.6 is 0 Å². The van der Waals surface area contributed by atoms with Gasteiger partial charge in [0, 0.05) is 32.7 Å². The third-order valence-corrected chi connectivity index (χ3v) is 10.2. The molecule has 1 amide bonds. The Morgan fingerprint density at radius 1 is 0.979 bits per heavy atom. The number of allylic oxidation sites excluding steroid dienone is 6. The van der Waals surface area contributed by atoms with Crippen LogP contribution < -0.4 is 19.8 Å². The van der Waals surface area contributed by atoms with Crippen molar-refractivity contribution in [2.45, 2.75) is 50.1 Å². The molecule has 1 unspecified atom stereocenters. The molecule has 0 saturated carbocycles. The van der Waals surface area contributed by atoms with E-state index in [4.69, 9.17) is 4.42 Å². The van der Waals surface area contributed by atoms with Crippen LogP contribution in [-0.2, 0) is 23.7 Å². The summed E-state index contributed by atoms with van der Waals surface area (Å²) in [6, 6.07) is 12.9. The Morgan fingerprint density at radius 2 is 1.72 bits per heavy atom. The molecule has 2 aliphatic heterocycles. The first kappa shape index (κ1) is 32.7. The number of halogens is 3. The van der Waals surface area contributed by atoms with Crippen molar-refractivity contribution < 1.29 is 26.6 Å². The summed E-state index contributed by atoms with van der Waals surface area (Å²) in [6.45, 7) is 2.76. The van der Waals surface area contributed by atoms with E-state index in [1.807, 2.05) is 36.4 Å². The van der Waals surface area contributed by atoms with Crippen LogP contribution in [0.1, 0.15) is 53.9 Å². The molecule has 6 rings (SSSR count). The van der Waals surface area contributed by atoms with Gasteiger partial charge in [-0.05, 0) is 61.3 Å². The maximum absolute atomic E-state index is 13.9. The number of oxazole rings is 1. The second-order valence-electron chi connectivity index (χ2n) is 11.8. The van der Waals surface area contributed by atoms with Crippen molar-refractivity contribution in [1.29, 1.82) is 0 Å². The molecule has 2 fully saturated rings. The van der Waals surface area contributed by atoms with Gasteiger partial charge < -0.3 is 19.5 Å². The first-order chi connectivity index (χ1) is 22.7. The molecule has 2 aromatic heterocycles. The predicted molar refractivity (Wildman–Crippen MR) is 176 cm³/mol. The van der Waals surface area contributed by atoms with Crippen LogP contribution in [0, 0.1) is 5.92 Å². The lowest BCUT2D eigenvalue weighted by Crippen LogP contribution is -2.40. The molecule has 9 nitrogen and oxygen atoms in total. The van der Waals surface area contributed by atoms with E-state index < -0.39 is 34.5 Å². The summed E-state index contributed by atoms with van der Waals surface area (Å²) < 4.78 is 63.2. The van der Waals surface area contributed by atoms with Crippen molar-refractivity contribution in [3.63, 3.8) is 0 Å². The van der Waals surface area contributed by atoms with E-state index in [2.05, 4.69) is 49.2 Å². The van der Waals surface area contributed by atoms with Crippen molar-refractivity contribution in [3.8, 4) is 0 Å². The van der Waals surface area contributed by atoms with Gasteiger partial charge in [-0.1, -0.05) is 60.7 Å². The zero-order valence-electron chi connectivity index (χ0n) is 25.8. The average molecular weight is 667 g/mol. The van der Waals surface area contributed by atoms with E-state index in [1.54, 1.807) is 17.0 Å². The summed E-state index contributed by atoms with van der Waals surface area (Å²) in [5.74, 6) is -0.976. The number of benzene rings is 1. The van der Waals surface area contributed by atoms with Gasteiger partial charge in [0.25, 0.3) is 11.9 Å². The summed E-state index contributed by atoms with van der Waals surface area (Å²) in [6.07, 6.45) is 10.7. The maximum Gasteiger partial charge on any atom is 0.437 e. The zero-order chi connectivity index (χ0) is 32.8. The van der Waals surface area contributed by atoms with Crippen LogP contribution in [0.15, 0.2) is 89.0 Å². The summed E-state index contributed by atoms with van der Waals surface area (Å²) in [5.41, 5.74) is 1.15. The number of hydrogen-bond acceptors (Lipinski definition) is 7. The molecular formula is C34H37F3N6O3S. The zero-order valence-corrected chi connectivity index (χ0v) is 26.6. The molecule has 248 valence electrons. The minimum absolute atomic E-state index is 0.0166. The van der Waals surface area contributed by atoms with Crippen LogP contribution in [0.4, 0.5) is 30.7 Å². The number of alkyl halides is 3. The van der Waals surface area contributed by atoms with E-state index in [9.17, 15) is 22.2 Å². The molecule has 2 N–H and O–H groups in total. The summed E-state index contributed by atoms with van der Waals surface area (Å²) >= 11 is 0. The molecule has 1 atom stereocenters. The van der Waals surface area contributed by atoms with Gasteiger partial charge in [-0.3, -0.25) is 4.79 Å². The number of aromatic nitrogens is 2. The number of rotatable bonds is 9. The fourth-order valence-corrected chi connectivity index (χ4v) is 7.25. The molecule has 0 spiro atoms. The molecule has 2 saturated heterocycles. The van der Waals surface area contributed by atoms with E-state index in [0.29, 0.717) is 51.4 Å². The van der Waals surface area contributed by atoms with Gasteiger partial charge in [0.2, 0.25) is 5.76 Å². The number of piperidine rings is 2. The molecule has 3 aromatic rings. The molecular weight excluding hydrogens is 629 g/mol. The number of hydrogen-bond donors (Lipinski definition) is 2. The monoisotopic (exact) mass is 666 g/mol. The molecule has 3 aliphatic rings. The fourth-order valence-electron chi connectivity index (χ4n) is 6.06. The molecule has 47 heavy (non-hydrogen) atoms. The minimum Gasteiger partial charge on any atom is -0.417 e. The van der Waals surface area contributed by atoms with E-state index in [0.717, 1.165) is 24.8 Å². The topological polar surface area (TPSA) is 104 Å². The Bertz CT molecular complexity index is 1640. The minimum atomic E-state index is -4.87. The number of anilines is 3. The lowest BCUT2D eigenvalue weighted by Gasteiger charge is -2.32. The fraction of sp³-hybridized carbons (Fsp3) is 0.382. The van der Waals surface area contributed by atoms with E-state index >= 15 is 0 Å². The summed E-state index contributed by atoms with van der Waals surface area (Å²) in [5, 5.41) is 2.50. The van der Waals surface area contributed by atoms with Gasteiger partial charge in [0.05, 0.1) is 28.1 Å². The van der Waals surface area contributed by atoms with Gasteiger partial charge in [-0.15, -0.1) is 0 Å². The van der Waals surface area contributed by atoms with Crippen molar-refractivity contribution in [2.24, 2.45) is 5.92 Å². The highest BCUT2D eigenvalue weighted by molar-refractivity contribution is 7.83. The maximum atomic E-state index is 13.9. The molecule has 1 aliphatic carbocycles. The molecule has 4 heterocycles. The lowest BCUT2D eigenvalue weighted by molar-refractivity contribution is -0.141. The smallest absolute Gasteiger partial charge is 0.417 e. The Labute approximate surface area is 274 Å². The van der Waals surface area contributed by atoms with Crippen LogP contribution in [0.2, 0.25) is 0 Å². The van der Waals surface area contributed by atoms with Crippen molar-refractivity contribution >= 4 is 34.4 Å². The molecule has 13 heteroatoms. The predicted octanol–water partition coefficient (Wildman–Crippen LogP) is 6.42. The Morgan fingerprint density at radius 3 is 2.43 bits per heavy atom. The SMILES string of the molecule is O=C(Nc1ccc(N2CCC(S(=O)NCc3ccccc3)CC2)nc1)c1oc(N2CCC(C3=CC=CCC=C3)CC2)nc1C(F)(F)F. The molecule has 0 bridgehead atoms. The van der Waals surface area contributed by atoms with Crippen molar-refractivity contribution in [3.05, 3.63) is 102 Å². The quantitative estimate of drug-likeness (QED) is 0.272. The van der Waals surface area contributed by atoms with Crippen molar-refractivity contribution in [2.75, 3.05) is 41.3 Å². The average Bonchev–Trinajstić information content (AvgIpc) is 3.39. The van der Waals surface area contributed by atoms with Gasteiger partial charge in [-0.25, -0.2) is 13.9 Å². The highest BCUT2D eigenvalue weighted by Gasteiger charge is 2.42. The number of amides is 1. The third kappa shape index (κ3) is 8.20. The first-order valence-corrected chi connectivity index (χ1v) is 17.0. The summed E-state index contributed by atoms with van der Waals surface area (Å²) in [4.78, 5) is 24.9. The Balaban J connectivity index is 1.04. The Kier molecular flexibility index (Phi) is 10.2.